The number of aliphatic hydroxyl groups excluding tert-OH is 4. The zero-order valence-electron chi connectivity index (χ0n) is 10.9. The van der Waals surface area contributed by atoms with E-state index in [0.717, 1.165) is 11.1 Å². The van der Waals surface area contributed by atoms with E-state index in [0.29, 0.717) is 5.56 Å². The van der Waals surface area contributed by atoms with Crippen LogP contribution >= 0.6 is 0 Å². The van der Waals surface area contributed by atoms with Gasteiger partial charge in [-0.1, -0.05) is 12.1 Å². The molecule has 0 aliphatic carbocycles. The smallest absolute Gasteiger partial charge is 0.335 e. The van der Waals surface area contributed by atoms with E-state index in [1.807, 2.05) is 19.9 Å². The molecule has 0 amide bonds. The molecule has 1 rings (SSSR count). The van der Waals surface area contributed by atoms with E-state index in [9.17, 15) is 4.79 Å². The average Bonchev–Trinajstić information content (AvgIpc) is 2.40. The molecule has 0 fully saturated rings. The fourth-order valence-electron chi connectivity index (χ4n) is 1.23. The first kappa shape index (κ1) is 17.5. The second-order valence-corrected chi connectivity index (χ2v) is 4.05. The van der Waals surface area contributed by atoms with Crippen LogP contribution in [0.3, 0.4) is 0 Å². The van der Waals surface area contributed by atoms with Gasteiger partial charge in [0.05, 0.1) is 18.8 Å². The Morgan fingerprint density at radius 3 is 1.89 bits per heavy atom. The number of aromatic carboxylic acids is 1. The Labute approximate surface area is 111 Å². The number of carboxylic acids is 1. The first-order valence-corrected chi connectivity index (χ1v) is 5.72. The normalized spacial score (nSPS) is 13.2. The van der Waals surface area contributed by atoms with Gasteiger partial charge in [-0.05, 0) is 31.0 Å². The highest BCUT2D eigenvalue weighted by Crippen LogP contribution is 2.11. The van der Waals surface area contributed by atoms with Crippen LogP contribution in [0.5, 0.6) is 0 Å². The lowest BCUT2D eigenvalue weighted by molar-refractivity contribution is -0.0388. The Hall–Kier alpha value is -1.47. The van der Waals surface area contributed by atoms with Gasteiger partial charge in [-0.15, -0.1) is 0 Å². The molecule has 0 aromatic heterocycles. The minimum absolute atomic E-state index is 0.394. The van der Waals surface area contributed by atoms with Crippen molar-refractivity contribution in [3.63, 3.8) is 0 Å². The summed E-state index contributed by atoms with van der Waals surface area (Å²) >= 11 is 0. The number of aliphatic hydroxyl groups is 4. The molecule has 0 aliphatic heterocycles. The van der Waals surface area contributed by atoms with Crippen molar-refractivity contribution < 1.29 is 30.3 Å². The van der Waals surface area contributed by atoms with E-state index < -0.39 is 31.4 Å². The summed E-state index contributed by atoms with van der Waals surface area (Å²) in [6, 6.07) is 5.28. The van der Waals surface area contributed by atoms with E-state index in [4.69, 9.17) is 25.5 Å². The Morgan fingerprint density at radius 2 is 1.58 bits per heavy atom. The summed E-state index contributed by atoms with van der Waals surface area (Å²) < 4.78 is 0. The van der Waals surface area contributed by atoms with Gasteiger partial charge in [0.1, 0.15) is 12.2 Å². The van der Waals surface area contributed by atoms with Crippen LogP contribution < -0.4 is 0 Å². The Kier molecular flexibility index (Phi) is 7.94. The number of rotatable bonds is 4. The second-order valence-electron chi connectivity index (χ2n) is 4.05. The summed E-state index contributed by atoms with van der Waals surface area (Å²) in [5.41, 5.74) is 2.26. The maximum Gasteiger partial charge on any atom is 0.335 e. The quantitative estimate of drug-likeness (QED) is 0.513. The van der Waals surface area contributed by atoms with Gasteiger partial charge in [-0.2, -0.15) is 0 Å². The number of hydrogen-bond acceptors (Lipinski definition) is 5. The summed E-state index contributed by atoms with van der Waals surface area (Å²) in [6.45, 7) is 2.67. The fourth-order valence-corrected chi connectivity index (χ4v) is 1.23. The molecule has 19 heavy (non-hydrogen) atoms. The lowest BCUT2D eigenvalue weighted by Gasteiger charge is -2.10. The lowest BCUT2D eigenvalue weighted by Crippen LogP contribution is -2.31. The molecular weight excluding hydrogens is 252 g/mol. The molecule has 108 valence electrons. The Morgan fingerprint density at radius 1 is 1.11 bits per heavy atom. The molecule has 5 N–H and O–H groups in total. The standard InChI is InChI=1S/C9H10O2.C4H10O4/c1-6-4-3-5-8(7(6)2)9(10)11;5-1-3(7)4(8)2-6/h3-5H,1-2H3,(H,10,11);3-8H,1-2H2/t;3-,4+. The van der Waals surface area contributed by atoms with E-state index >= 15 is 0 Å². The van der Waals surface area contributed by atoms with E-state index in [1.54, 1.807) is 12.1 Å². The van der Waals surface area contributed by atoms with Gasteiger partial charge < -0.3 is 25.5 Å². The molecule has 0 bridgehead atoms. The summed E-state index contributed by atoms with van der Waals surface area (Å²) in [5, 5.41) is 41.9. The largest absolute Gasteiger partial charge is 0.478 e. The average molecular weight is 272 g/mol. The lowest BCUT2D eigenvalue weighted by atomic mass is 10.0. The first-order valence-electron chi connectivity index (χ1n) is 5.72. The molecule has 0 heterocycles. The maximum atomic E-state index is 10.6. The third-order valence-corrected chi connectivity index (χ3v) is 2.65. The van der Waals surface area contributed by atoms with Crippen molar-refractivity contribution in [1.29, 1.82) is 0 Å². The van der Waals surface area contributed by atoms with Crippen molar-refractivity contribution >= 4 is 5.97 Å². The molecule has 0 saturated heterocycles. The zero-order chi connectivity index (χ0) is 15.0. The molecule has 6 nitrogen and oxygen atoms in total. The summed E-state index contributed by atoms with van der Waals surface area (Å²) in [4.78, 5) is 10.6. The molecule has 1 aromatic rings. The van der Waals surface area contributed by atoms with Crippen LogP contribution in [0.4, 0.5) is 0 Å². The minimum Gasteiger partial charge on any atom is -0.478 e. The van der Waals surface area contributed by atoms with Gasteiger partial charge in [0.25, 0.3) is 0 Å². The highest BCUT2D eigenvalue weighted by Gasteiger charge is 2.12. The molecular formula is C13H20O6. The number of carbonyl (C=O) groups is 1. The predicted octanol–water partition coefficient (Wildman–Crippen LogP) is -0.306. The third kappa shape index (κ3) is 5.80. The summed E-state index contributed by atoms with van der Waals surface area (Å²) in [5.74, 6) is -0.855. The topological polar surface area (TPSA) is 118 Å². The molecule has 0 unspecified atom stereocenters. The monoisotopic (exact) mass is 272 g/mol. The first-order chi connectivity index (χ1) is 8.84. The van der Waals surface area contributed by atoms with Crippen LogP contribution in [0.2, 0.25) is 0 Å². The minimum atomic E-state index is -1.22. The Bertz CT molecular complexity index is 396. The van der Waals surface area contributed by atoms with Gasteiger partial charge in [-0.25, -0.2) is 4.79 Å². The van der Waals surface area contributed by atoms with E-state index in [-0.39, 0.29) is 0 Å². The number of aryl methyl sites for hydroxylation is 1. The molecule has 2 atom stereocenters. The Balaban J connectivity index is 0.000000362. The van der Waals surface area contributed by atoms with Gasteiger partial charge in [0.2, 0.25) is 0 Å². The second kappa shape index (κ2) is 8.60. The van der Waals surface area contributed by atoms with Crippen molar-refractivity contribution in [3.05, 3.63) is 34.9 Å². The van der Waals surface area contributed by atoms with Crippen molar-refractivity contribution in [3.8, 4) is 0 Å². The van der Waals surface area contributed by atoms with Crippen molar-refractivity contribution in [2.75, 3.05) is 13.2 Å². The van der Waals surface area contributed by atoms with Crippen LogP contribution in [-0.4, -0.2) is 56.9 Å². The zero-order valence-corrected chi connectivity index (χ0v) is 10.9. The molecule has 0 spiro atoms. The highest BCUT2D eigenvalue weighted by atomic mass is 16.4. The molecule has 1 aromatic carbocycles. The molecule has 0 radical (unpaired) electrons. The van der Waals surface area contributed by atoms with Gasteiger partial charge in [0.15, 0.2) is 0 Å². The fraction of sp³-hybridized carbons (Fsp3) is 0.462. The van der Waals surface area contributed by atoms with Crippen LogP contribution in [-0.2, 0) is 0 Å². The van der Waals surface area contributed by atoms with Crippen LogP contribution in [0, 0.1) is 13.8 Å². The van der Waals surface area contributed by atoms with Crippen LogP contribution in [0.25, 0.3) is 0 Å². The number of hydrogen-bond donors (Lipinski definition) is 5. The van der Waals surface area contributed by atoms with Crippen LogP contribution in [0.1, 0.15) is 21.5 Å². The van der Waals surface area contributed by atoms with Crippen molar-refractivity contribution in [2.24, 2.45) is 0 Å². The van der Waals surface area contributed by atoms with Crippen LogP contribution in [0.15, 0.2) is 18.2 Å². The number of carboxylic acid groups (broad SMARTS) is 1. The third-order valence-electron chi connectivity index (χ3n) is 2.65. The van der Waals surface area contributed by atoms with E-state index in [2.05, 4.69) is 0 Å². The highest BCUT2D eigenvalue weighted by molar-refractivity contribution is 5.89. The molecule has 6 heteroatoms. The summed E-state index contributed by atoms with van der Waals surface area (Å²) in [6.07, 6.45) is -2.44. The van der Waals surface area contributed by atoms with E-state index in [1.165, 1.54) is 0 Å². The van der Waals surface area contributed by atoms with Gasteiger partial charge in [-0.3, -0.25) is 0 Å². The van der Waals surface area contributed by atoms with Gasteiger partial charge in [0, 0.05) is 0 Å². The number of benzene rings is 1. The molecule has 0 saturated carbocycles. The van der Waals surface area contributed by atoms with Gasteiger partial charge >= 0.3 is 5.97 Å². The van der Waals surface area contributed by atoms with Crippen molar-refractivity contribution in [2.45, 2.75) is 26.1 Å². The summed E-state index contributed by atoms with van der Waals surface area (Å²) in [7, 11) is 0. The van der Waals surface area contributed by atoms with Crippen molar-refractivity contribution in [1.82, 2.24) is 0 Å². The SMILES string of the molecule is Cc1cccc(C(=O)O)c1C.OC[C@@H](O)[C@@H](O)CO. The maximum absolute atomic E-state index is 10.6. The predicted molar refractivity (Wildman–Crippen MR) is 69.1 cm³/mol. The molecule has 0 aliphatic rings.